The molecule has 8 nitrogen and oxygen atoms in total. The number of nitrogens with one attached hydrogen (secondary N) is 4. The Morgan fingerprint density at radius 1 is 1.17 bits per heavy atom. The lowest BCUT2D eigenvalue weighted by Crippen LogP contribution is -2.50. The number of rotatable bonds is 5. The summed E-state index contributed by atoms with van der Waals surface area (Å²) in [5, 5.41) is 7.90. The number of alkyl halides is 3. The molecular weight excluding hydrogens is 401 g/mol. The highest BCUT2D eigenvalue weighted by Crippen LogP contribution is 2.36. The number of nitrogens with zero attached hydrogens (tertiary/aromatic N) is 2. The average Bonchev–Trinajstić information content (AvgIpc) is 3.38. The fourth-order valence-electron chi connectivity index (χ4n) is 5.05. The highest BCUT2D eigenvalue weighted by Gasteiger charge is 2.46. The van der Waals surface area contributed by atoms with Gasteiger partial charge in [-0.1, -0.05) is 6.42 Å². The predicted molar refractivity (Wildman–Crippen MR) is 104 cm³/mol. The molecule has 4 heterocycles. The standard InChI is InChI=1S/C19H33F3N6O2/c20-19(21,22)15-4-5-23-9-13(15)11-28-12-14(10-24-28)25-18(29)16-8-17(30-26-16)27-6-2-1-3-7-27/h13-17,23-24,26H,1-12H2,(H,25,29). The topological polar surface area (TPSA) is 80.9 Å². The Balaban J connectivity index is 1.21. The summed E-state index contributed by atoms with van der Waals surface area (Å²) < 4.78 is 39.9. The van der Waals surface area contributed by atoms with E-state index < -0.39 is 24.1 Å². The highest BCUT2D eigenvalue weighted by molar-refractivity contribution is 5.82. The van der Waals surface area contributed by atoms with E-state index in [0.29, 0.717) is 39.1 Å². The summed E-state index contributed by atoms with van der Waals surface area (Å²) in [6, 6.07) is -0.530. The van der Waals surface area contributed by atoms with Crippen LogP contribution in [0.2, 0.25) is 0 Å². The Kier molecular flexibility index (Phi) is 7.16. The number of piperidine rings is 2. The maximum Gasteiger partial charge on any atom is 0.392 e. The molecule has 4 N–H and O–H groups in total. The maximum atomic E-state index is 13.3. The molecule has 0 aromatic carbocycles. The third-order valence-corrected chi connectivity index (χ3v) is 6.73. The first-order valence-corrected chi connectivity index (χ1v) is 11.1. The van der Waals surface area contributed by atoms with E-state index >= 15 is 0 Å². The van der Waals surface area contributed by atoms with Crippen molar-refractivity contribution in [2.24, 2.45) is 11.8 Å². The van der Waals surface area contributed by atoms with E-state index in [-0.39, 0.29) is 24.6 Å². The summed E-state index contributed by atoms with van der Waals surface area (Å²) >= 11 is 0. The molecule has 0 radical (unpaired) electrons. The van der Waals surface area contributed by atoms with E-state index in [2.05, 4.69) is 26.4 Å². The van der Waals surface area contributed by atoms with E-state index in [1.165, 1.54) is 6.42 Å². The van der Waals surface area contributed by atoms with Crippen LogP contribution >= 0.6 is 0 Å². The summed E-state index contributed by atoms with van der Waals surface area (Å²) in [5.74, 6) is -1.88. The van der Waals surface area contributed by atoms with Gasteiger partial charge in [0.1, 0.15) is 12.3 Å². The largest absolute Gasteiger partial charge is 0.392 e. The SMILES string of the molecule is O=C(NC1CNN(CC2CNCCC2C(F)(F)F)C1)C1CC(N2CCCCC2)ON1. The van der Waals surface area contributed by atoms with Crippen LogP contribution in [0.25, 0.3) is 0 Å². The molecule has 0 spiro atoms. The molecule has 0 bridgehead atoms. The van der Waals surface area contributed by atoms with E-state index in [1.807, 2.05) is 5.01 Å². The monoisotopic (exact) mass is 434 g/mol. The fourth-order valence-corrected chi connectivity index (χ4v) is 5.05. The molecule has 30 heavy (non-hydrogen) atoms. The molecule has 0 aliphatic carbocycles. The van der Waals surface area contributed by atoms with Crippen molar-refractivity contribution in [2.45, 2.75) is 56.6 Å². The second-order valence-electron chi connectivity index (χ2n) is 8.95. The molecule has 172 valence electrons. The Morgan fingerprint density at radius 3 is 2.73 bits per heavy atom. The molecule has 5 atom stereocenters. The van der Waals surface area contributed by atoms with Gasteiger partial charge >= 0.3 is 6.18 Å². The molecule has 11 heteroatoms. The van der Waals surface area contributed by atoms with Crippen LogP contribution < -0.4 is 21.5 Å². The first-order chi connectivity index (χ1) is 14.4. The van der Waals surface area contributed by atoms with Gasteiger partial charge in [-0.25, -0.2) is 5.01 Å². The van der Waals surface area contributed by atoms with Crippen molar-refractivity contribution in [1.29, 1.82) is 0 Å². The Hall–Kier alpha value is -0.980. The first kappa shape index (κ1) is 22.2. The molecule has 0 aromatic heterocycles. The molecule has 1 amide bonds. The lowest BCUT2D eigenvalue weighted by Gasteiger charge is -2.35. The van der Waals surface area contributed by atoms with Crippen molar-refractivity contribution in [2.75, 3.05) is 45.8 Å². The molecule has 4 aliphatic rings. The van der Waals surface area contributed by atoms with Crippen molar-refractivity contribution in [3.05, 3.63) is 0 Å². The second kappa shape index (κ2) is 9.66. The Morgan fingerprint density at radius 2 is 1.97 bits per heavy atom. The summed E-state index contributed by atoms with van der Waals surface area (Å²) in [5.41, 5.74) is 6.00. The zero-order valence-electron chi connectivity index (χ0n) is 17.2. The third-order valence-electron chi connectivity index (χ3n) is 6.73. The van der Waals surface area contributed by atoms with Crippen LogP contribution in [-0.2, 0) is 9.63 Å². The number of hydrazine groups is 1. The number of halogens is 3. The lowest BCUT2D eigenvalue weighted by atomic mass is 9.85. The Labute approximate surface area is 175 Å². The van der Waals surface area contributed by atoms with Crippen LogP contribution in [0.3, 0.4) is 0 Å². The van der Waals surface area contributed by atoms with Crippen molar-refractivity contribution >= 4 is 5.91 Å². The van der Waals surface area contributed by atoms with Gasteiger partial charge in [0.15, 0.2) is 0 Å². The number of hydroxylamine groups is 1. The van der Waals surface area contributed by atoms with Crippen LogP contribution in [0.1, 0.15) is 32.1 Å². The minimum atomic E-state index is -4.17. The van der Waals surface area contributed by atoms with Gasteiger partial charge in [0.05, 0.1) is 12.0 Å². The number of likely N-dealkylation sites (tertiary alicyclic amines) is 1. The van der Waals surface area contributed by atoms with Crippen LogP contribution in [-0.4, -0.2) is 86.1 Å². The smallest absolute Gasteiger partial charge is 0.349 e. The highest BCUT2D eigenvalue weighted by atomic mass is 19.4. The van der Waals surface area contributed by atoms with Gasteiger partial charge in [0.2, 0.25) is 5.91 Å². The fraction of sp³-hybridized carbons (Fsp3) is 0.947. The molecule has 4 fully saturated rings. The van der Waals surface area contributed by atoms with Crippen molar-refractivity contribution in [1.82, 2.24) is 31.4 Å². The number of hydrogen-bond donors (Lipinski definition) is 4. The van der Waals surface area contributed by atoms with Crippen molar-refractivity contribution in [3.8, 4) is 0 Å². The van der Waals surface area contributed by atoms with Crippen LogP contribution in [0.4, 0.5) is 13.2 Å². The summed E-state index contributed by atoms with van der Waals surface area (Å²) in [6.07, 6.45) is 0.0471. The molecule has 5 unspecified atom stereocenters. The van der Waals surface area contributed by atoms with Gasteiger partial charge in [-0.2, -0.15) is 18.7 Å². The molecular formula is C19H33F3N6O2. The van der Waals surface area contributed by atoms with E-state index in [9.17, 15) is 18.0 Å². The quantitative estimate of drug-likeness (QED) is 0.492. The zero-order chi connectivity index (χ0) is 21.1. The van der Waals surface area contributed by atoms with Gasteiger partial charge in [0.25, 0.3) is 0 Å². The average molecular weight is 435 g/mol. The number of carbonyl (C=O) groups is 1. The van der Waals surface area contributed by atoms with Gasteiger partial charge < -0.3 is 10.6 Å². The van der Waals surface area contributed by atoms with E-state index in [4.69, 9.17) is 4.84 Å². The zero-order valence-corrected chi connectivity index (χ0v) is 17.2. The van der Waals surface area contributed by atoms with Crippen LogP contribution in [0, 0.1) is 11.8 Å². The summed E-state index contributed by atoms with van der Waals surface area (Å²) in [6.45, 7) is 4.09. The molecule has 4 aliphatic heterocycles. The first-order valence-electron chi connectivity index (χ1n) is 11.1. The van der Waals surface area contributed by atoms with E-state index in [0.717, 1.165) is 25.9 Å². The minimum Gasteiger partial charge on any atom is -0.349 e. The molecule has 0 aromatic rings. The van der Waals surface area contributed by atoms with Crippen LogP contribution in [0.15, 0.2) is 0 Å². The molecule has 4 rings (SSSR count). The lowest BCUT2D eigenvalue weighted by molar-refractivity contribution is -0.196. The third kappa shape index (κ3) is 5.43. The minimum absolute atomic E-state index is 0.0719. The molecule has 0 saturated carbocycles. The number of hydrogen-bond acceptors (Lipinski definition) is 7. The van der Waals surface area contributed by atoms with Gasteiger partial charge in [0, 0.05) is 39.1 Å². The van der Waals surface area contributed by atoms with Crippen molar-refractivity contribution in [3.63, 3.8) is 0 Å². The maximum absolute atomic E-state index is 13.3. The predicted octanol–water partition coefficient (Wildman–Crippen LogP) is 0.185. The van der Waals surface area contributed by atoms with Crippen LogP contribution in [0.5, 0.6) is 0 Å². The van der Waals surface area contributed by atoms with Gasteiger partial charge in [-0.15, -0.1) is 0 Å². The molecule has 4 saturated heterocycles. The second-order valence-corrected chi connectivity index (χ2v) is 8.95. The summed E-state index contributed by atoms with van der Waals surface area (Å²) in [7, 11) is 0. The number of carbonyl (C=O) groups excluding carboxylic acids is 1. The number of amides is 1. The van der Waals surface area contributed by atoms with Gasteiger partial charge in [-0.3, -0.25) is 20.0 Å². The Bertz CT molecular complexity index is 589. The van der Waals surface area contributed by atoms with E-state index in [1.54, 1.807) is 0 Å². The van der Waals surface area contributed by atoms with Gasteiger partial charge in [-0.05, 0) is 38.3 Å². The normalized spacial score (nSPS) is 36.8. The van der Waals surface area contributed by atoms with Crippen molar-refractivity contribution < 1.29 is 22.8 Å². The summed E-state index contributed by atoms with van der Waals surface area (Å²) in [4.78, 5) is 20.5.